The Balaban J connectivity index is 2.11. The summed E-state index contributed by atoms with van der Waals surface area (Å²) in [7, 11) is 0. The van der Waals surface area contributed by atoms with Crippen LogP contribution in [-0.4, -0.2) is 29.3 Å². The van der Waals surface area contributed by atoms with E-state index in [-0.39, 0.29) is 16.9 Å². The number of aliphatic imine (C=N–C) groups is 1. The van der Waals surface area contributed by atoms with Gasteiger partial charge in [-0.2, -0.15) is 0 Å². The molecule has 0 aliphatic heterocycles. The van der Waals surface area contributed by atoms with Crippen LogP contribution in [0.2, 0.25) is 0 Å². The zero-order valence-corrected chi connectivity index (χ0v) is 19.9. The molecular formula is C21H28N8O2S2. The lowest BCUT2D eigenvalue weighted by atomic mass is 10.2. The maximum atomic E-state index is 12.3. The van der Waals surface area contributed by atoms with Crippen molar-refractivity contribution in [1.82, 2.24) is 0 Å². The van der Waals surface area contributed by atoms with E-state index in [9.17, 15) is 9.59 Å². The van der Waals surface area contributed by atoms with Gasteiger partial charge in [0.2, 0.25) is 5.91 Å². The molecule has 0 aromatic heterocycles. The molecule has 0 aliphatic carbocycles. The lowest BCUT2D eigenvalue weighted by molar-refractivity contribution is -0.116. The first-order valence-corrected chi connectivity index (χ1v) is 11.6. The number of rotatable bonds is 9. The highest BCUT2D eigenvalue weighted by atomic mass is 32.2. The van der Waals surface area contributed by atoms with Crippen molar-refractivity contribution in [3.8, 4) is 0 Å². The summed E-state index contributed by atoms with van der Waals surface area (Å²) < 4.78 is 0. The number of nitrogens with two attached hydrogens (primary N) is 5. The predicted octanol–water partition coefficient (Wildman–Crippen LogP) is 2.02. The van der Waals surface area contributed by atoms with Crippen LogP contribution in [0.4, 0.5) is 22.7 Å². The molecule has 0 radical (unpaired) electrons. The standard InChI is InChI=1S/C21H28N8O2S2/c1-11(22)18(32-25)20(30)28-14-5-3-13(4-6-14)10-27-17-9-15(7-8-16(17)24)29-21(31)19(33-26)12(2)23/h3-11,18H,22-26H2,1-2H3,(H,28,30)(H,29,31)/b19-12-,27-10?. The molecule has 0 spiro atoms. The van der Waals surface area contributed by atoms with Gasteiger partial charge in [0.1, 0.15) is 10.2 Å². The normalized spacial score (nSPS) is 13.8. The first kappa shape index (κ1) is 26.2. The Bertz CT molecular complexity index is 1050. The SMILES string of the molecule is C/C(N)=C(/SN)C(=O)Nc1ccc(N)c(N=Cc2ccc(NC(=O)C(SN)C(C)N)cc2)c1. The molecule has 2 atom stereocenters. The van der Waals surface area contributed by atoms with E-state index in [0.29, 0.717) is 28.4 Å². The molecule has 12 N–H and O–H groups in total. The number of carbonyl (C=O) groups is 2. The second-order valence-electron chi connectivity index (χ2n) is 7.14. The number of allylic oxidation sites excluding steroid dienone is 1. The minimum Gasteiger partial charge on any atom is -0.401 e. The molecule has 10 nitrogen and oxygen atoms in total. The predicted molar refractivity (Wildman–Crippen MR) is 140 cm³/mol. The van der Waals surface area contributed by atoms with Crippen LogP contribution in [0.25, 0.3) is 0 Å². The van der Waals surface area contributed by atoms with Crippen molar-refractivity contribution in [1.29, 1.82) is 0 Å². The van der Waals surface area contributed by atoms with Crippen molar-refractivity contribution in [3.63, 3.8) is 0 Å². The molecule has 2 unspecified atom stereocenters. The zero-order valence-electron chi connectivity index (χ0n) is 18.2. The van der Waals surface area contributed by atoms with Crippen LogP contribution in [0.1, 0.15) is 19.4 Å². The number of anilines is 3. The van der Waals surface area contributed by atoms with Crippen molar-refractivity contribution in [2.24, 2.45) is 26.7 Å². The van der Waals surface area contributed by atoms with E-state index in [1.54, 1.807) is 62.5 Å². The molecule has 33 heavy (non-hydrogen) atoms. The molecule has 2 aromatic carbocycles. The molecule has 0 saturated heterocycles. The maximum Gasteiger partial charge on any atom is 0.265 e. The van der Waals surface area contributed by atoms with E-state index in [2.05, 4.69) is 15.6 Å². The van der Waals surface area contributed by atoms with E-state index in [1.807, 2.05) is 0 Å². The largest absolute Gasteiger partial charge is 0.401 e. The molecular weight excluding hydrogens is 460 g/mol. The monoisotopic (exact) mass is 488 g/mol. The summed E-state index contributed by atoms with van der Waals surface area (Å²) in [5, 5.41) is 16.0. The molecule has 0 saturated carbocycles. The maximum absolute atomic E-state index is 12.3. The fourth-order valence-corrected chi connectivity index (χ4v) is 3.46. The Morgan fingerprint density at radius 2 is 1.70 bits per heavy atom. The van der Waals surface area contributed by atoms with Gasteiger partial charge >= 0.3 is 0 Å². The highest BCUT2D eigenvalue weighted by Gasteiger charge is 2.22. The topological polar surface area (TPSA) is 201 Å². The summed E-state index contributed by atoms with van der Waals surface area (Å²) >= 11 is 1.69. The minimum atomic E-state index is -0.550. The molecule has 2 rings (SSSR count). The molecule has 0 heterocycles. The first-order valence-electron chi connectivity index (χ1n) is 9.76. The summed E-state index contributed by atoms with van der Waals surface area (Å²) in [6.07, 6.45) is 1.62. The third-order valence-electron chi connectivity index (χ3n) is 4.38. The Morgan fingerprint density at radius 1 is 1.06 bits per heavy atom. The average Bonchev–Trinajstić information content (AvgIpc) is 2.75. The van der Waals surface area contributed by atoms with E-state index in [1.165, 1.54) is 0 Å². The van der Waals surface area contributed by atoms with E-state index >= 15 is 0 Å². The summed E-state index contributed by atoms with van der Waals surface area (Å²) in [6, 6.07) is 11.6. The van der Waals surface area contributed by atoms with Gasteiger partial charge in [-0.15, -0.1) is 0 Å². The smallest absolute Gasteiger partial charge is 0.265 e. The quantitative estimate of drug-likeness (QED) is 0.119. The van der Waals surface area contributed by atoms with Gasteiger partial charge in [-0.3, -0.25) is 24.9 Å². The number of amides is 2. The van der Waals surface area contributed by atoms with Crippen LogP contribution in [0.15, 0.2) is 58.1 Å². The molecule has 12 heteroatoms. The molecule has 0 aliphatic rings. The average molecular weight is 489 g/mol. The zero-order chi connectivity index (χ0) is 24.5. The van der Waals surface area contributed by atoms with Crippen LogP contribution in [0.3, 0.4) is 0 Å². The van der Waals surface area contributed by atoms with E-state index in [0.717, 1.165) is 29.5 Å². The number of hydrogen-bond acceptors (Lipinski definition) is 10. The Morgan fingerprint density at radius 3 is 2.24 bits per heavy atom. The fourth-order valence-electron chi connectivity index (χ4n) is 2.68. The highest BCUT2D eigenvalue weighted by molar-refractivity contribution is 8.01. The number of benzene rings is 2. The number of nitrogen functional groups attached to an aromatic ring is 1. The van der Waals surface area contributed by atoms with Crippen LogP contribution >= 0.6 is 23.9 Å². The summed E-state index contributed by atoms with van der Waals surface area (Å²) in [4.78, 5) is 29.2. The third kappa shape index (κ3) is 7.51. The number of hydrogen-bond donors (Lipinski definition) is 7. The van der Waals surface area contributed by atoms with Gasteiger partial charge < -0.3 is 27.8 Å². The molecule has 176 valence electrons. The third-order valence-corrected chi connectivity index (χ3v) is 6.06. The van der Waals surface area contributed by atoms with Gasteiger partial charge in [0.05, 0.1) is 11.4 Å². The van der Waals surface area contributed by atoms with Crippen molar-refractivity contribution >= 4 is 64.7 Å². The molecule has 0 fully saturated rings. The van der Waals surface area contributed by atoms with Gasteiger partial charge in [-0.25, -0.2) is 0 Å². The van der Waals surface area contributed by atoms with Crippen LogP contribution in [0.5, 0.6) is 0 Å². The lowest BCUT2D eigenvalue weighted by Crippen LogP contribution is -2.40. The fraction of sp³-hybridized carbons (Fsp3) is 0.190. The molecule has 2 amide bonds. The van der Waals surface area contributed by atoms with Gasteiger partial charge in [0.25, 0.3) is 5.91 Å². The van der Waals surface area contributed by atoms with Gasteiger partial charge in [-0.1, -0.05) is 24.1 Å². The van der Waals surface area contributed by atoms with Crippen LogP contribution in [-0.2, 0) is 9.59 Å². The summed E-state index contributed by atoms with van der Waals surface area (Å²) in [5.74, 6) is -0.680. The Kier molecular flexibility index (Phi) is 9.75. The second-order valence-corrected chi connectivity index (χ2v) is 8.57. The van der Waals surface area contributed by atoms with Crippen LogP contribution in [0, 0.1) is 0 Å². The van der Waals surface area contributed by atoms with Gasteiger partial charge in [-0.05, 0) is 61.7 Å². The Labute approximate surface area is 201 Å². The first-order chi connectivity index (χ1) is 15.7. The van der Waals surface area contributed by atoms with E-state index < -0.39 is 11.2 Å². The highest BCUT2D eigenvalue weighted by Crippen LogP contribution is 2.27. The van der Waals surface area contributed by atoms with E-state index in [4.69, 9.17) is 27.5 Å². The van der Waals surface area contributed by atoms with Gasteiger partial charge in [0, 0.05) is 29.3 Å². The minimum absolute atomic E-state index is 0.223. The number of carbonyl (C=O) groups excluding carboxylic acids is 2. The molecule has 2 aromatic rings. The number of nitrogens with one attached hydrogen (secondary N) is 2. The second kappa shape index (κ2) is 12.3. The molecule has 0 bridgehead atoms. The van der Waals surface area contributed by atoms with Crippen LogP contribution < -0.4 is 38.1 Å². The van der Waals surface area contributed by atoms with Crippen molar-refractivity contribution in [2.75, 3.05) is 16.4 Å². The van der Waals surface area contributed by atoms with Gasteiger partial charge in [0.15, 0.2) is 0 Å². The summed E-state index contributed by atoms with van der Waals surface area (Å²) in [5.41, 5.74) is 20.6. The lowest BCUT2D eigenvalue weighted by Gasteiger charge is -2.17. The summed E-state index contributed by atoms with van der Waals surface area (Å²) in [6.45, 7) is 3.32. The van der Waals surface area contributed by atoms with Crippen molar-refractivity contribution in [2.45, 2.75) is 25.1 Å². The van der Waals surface area contributed by atoms with Crippen molar-refractivity contribution in [3.05, 3.63) is 58.6 Å². The van der Waals surface area contributed by atoms with Crippen molar-refractivity contribution < 1.29 is 9.59 Å². The Hall–Kier alpha value is -3.03. The number of nitrogens with zero attached hydrogens (tertiary/aromatic N) is 1.